The predicted molar refractivity (Wildman–Crippen MR) is 74.1 cm³/mol. The zero-order valence-corrected chi connectivity index (χ0v) is 12.3. The summed E-state index contributed by atoms with van der Waals surface area (Å²) in [5.74, 6) is -0.0229. The van der Waals surface area contributed by atoms with Crippen LogP contribution in [-0.2, 0) is 16.6 Å². The number of hydrogen-bond donors (Lipinski definition) is 2. The summed E-state index contributed by atoms with van der Waals surface area (Å²) < 4.78 is 40.6. The van der Waals surface area contributed by atoms with E-state index in [1.807, 2.05) is 6.92 Å². The molecule has 0 radical (unpaired) electrons. The van der Waals surface area contributed by atoms with Gasteiger partial charge < -0.3 is 5.11 Å². The quantitative estimate of drug-likeness (QED) is 0.811. The van der Waals surface area contributed by atoms with Crippen molar-refractivity contribution in [1.29, 1.82) is 0 Å². The summed E-state index contributed by atoms with van der Waals surface area (Å²) in [5, 5.41) is 9.20. The van der Waals surface area contributed by atoms with Crippen LogP contribution in [0.4, 0.5) is 4.39 Å². The molecule has 1 aromatic carbocycles. The number of halogens is 1. The highest BCUT2D eigenvalue weighted by atomic mass is 32.2. The van der Waals surface area contributed by atoms with Gasteiger partial charge in [0.25, 0.3) is 0 Å². The average Bonchev–Trinajstić information content (AvgIpc) is 3.21. The number of nitrogens with one attached hydrogen (secondary N) is 1. The molecular weight excluding hydrogens is 281 g/mol. The van der Waals surface area contributed by atoms with Gasteiger partial charge in [-0.25, -0.2) is 17.5 Å². The first-order valence-corrected chi connectivity index (χ1v) is 8.36. The van der Waals surface area contributed by atoms with Crippen LogP contribution in [0.3, 0.4) is 0 Å². The number of rotatable bonds is 7. The molecule has 1 unspecified atom stereocenters. The van der Waals surface area contributed by atoms with E-state index in [2.05, 4.69) is 4.72 Å². The number of benzene rings is 1. The third kappa shape index (κ3) is 3.77. The van der Waals surface area contributed by atoms with Crippen molar-refractivity contribution in [3.8, 4) is 0 Å². The molecule has 1 aliphatic rings. The molecule has 0 amide bonds. The van der Waals surface area contributed by atoms with Crippen LogP contribution in [-0.4, -0.2) is 19.6 Å². The molecule has 20 heavy (non-hydrogen) atoms. The van der Waals surface area contributed by atoms with Gasteiger partial charge in [-0.05, 0) is 36.5 Å². The molecule has 2 rings (SSSR count). The molecule has 112 valence electrons. The van der Waals surface area contributed by atoms with Crippen LogP contribution in [0.15, 0.2) is 23.1 Å². The molecule has 1 atom stereocenters. The minimum absolute atomic E-state index is 0.137. The minimum Gasteiger partial charge on any atom is -0.392 e. The highest BCUT2D eigenvalue weighted by Gasteiger charge is 2.28. The van der Waals surface area contributed by atoms with E-state index in [0.717, 1.165) is 31.4 Å². The first-order valence-electron chi connectivity index (χ1n) is 6.88. The lowest BCUT2D eigenvalue weighted by Gasteiger charge is -2.18. The molecule has 1 aromatic rings. The highest BCUT2D eigenvalue weighted by Crippen LogP contribution is 2.34. The van der Waals surface area contributed by atoms with Gasteiger partial charge in [0.15, 0.2) is 0 Å². The van der Waals surface area contributed by atoms with E-state index < -0.39 is 22.4 Å². The van der Waals surface area contributed by atoms with Crippen LogP contribution < -0.4 is 4.72 Å². The lowest BCUT2D eigenvalue weighted by Crippen LogP contribution is -2.35. The Morgan fingerprint density at radius 1 is 1.45 bits per heavy atom. The van der Waals surface area contributed by atoms with Gasteiger partial charge in [0.2, 0.25) is 10.0 Å². The molecule has 4 nitrogen and oxygen atoms in total. The van der Waals surface area contributed by atoms with Crippen LogP contribution in [0.5, 0.6) is 0 Å². The summed E-state index contributed by atoms with van der Waals surface area (Å²) in [6, 6.07) is 3.26. The average molecular weight is 301 g/mol. The van der Waals surface area contributed by atoms with Gasteiger partial charge in [0.1, 0.15) is 5.82 Å². The fourth-order valence-corrected chi connectivity index (χ4v) is 3.82. The number of aliphatic hydroxyl groups excluding tert-OH is 1. The Labute approximate surface area is 119 Å². The minimum atomic E-state index is -3.80. The van der Waals surface area contributed by atoms with Crippen molar-refractivity contribution in [3.63, 3.8) is 0 Å². The summed E-state index contributed by atoms with van der Waals surface area (Å²) in [6.07, 6.45) is 3.82. The van der Waals surface area contributed by atoms with E-state index in [4.69, 9.17) is 0 Å². The first kappa shape index (κ1) is 15.4. The van der Waals surface area contributed by atoms with Crippen LogP contribution in [0, 0.1) is 11.7 Å². The van der Waals surface area contributed by atoms with Gasteiger partial charge in [0.05, 0.1) is 11.5 Å². The molecule has 1 aliphatic carbocycles. The second kappa shape index (κ2) is 6.20. The van der Waals surface area contributed by atoms with Gasteiger partial charge >= 0.3 is 0 Å². The Bertz CT molecular complexity index is 570. The second-order valence-corrected chi connectivity index (χ2v) is 7.00. The summed E-state index contributed by atoms with van der Waals surface area (Å²) >= 11 is 0. The predicted octanol–water partition coefficient (Wildman–Crippen LogP) is 2.18. The largest absolute Gasteiger partial charge is 0.392 e. The Kier molecular flexibility index (Phi) is 4.78. The van der Waals surface area contributed by atoms with Crippen molar-refractivity contribution in [3.05, 3.63) is 29.6 Å². The molecule has 0 aliphatic heterocycles. The molecule has 0 heterocycles. The Balaban J connectivity index is 2.22. The molecule has 1 saturated carbocycles. The van der Waals surface area contributed by atoms with E-state index in [1.54, 1.807) is 0 Å². The van der Waals surface area contributed by atoms with Crippen LogP contribution >= 0.6 is 0 Å². The van der Waals surface area contributed by atoms with Crippen molar-refractivity contribution < 1.29 is 17.9 Å². The van der Waals surface area contributed by atoms with E-state index in [-0.39, 0.29) is 16.5 Å². The van der Waals surface area contributed by atoms with E-state index in [0.29, 0.717) is 12.3 Å². The zero-order valence-electron chi connectivity index (χ0n) is 11.5. The maximum absolute atomic E-state index is 13.3. The Hall–Kier alpha value is -0.980. The normalized spacial score (nSPS) is 17.1. The molecule has 0 aromatic heterocycles. The monoisotopic (exact) mass is 301 g/mol. The first-order chi connectivity index (χ1) is 9.46. The molecular formula is C14H20FNO3S. The summed E-state index contributed by atoms with van der Waals surface area (Å²) in [6.45, 7) is 1.49. The zero-order chi connectivity index (χ0) is 14.8. The van der Waals surface area contributed by atoms with Gasteiger partial charge in [0, 0.05) is 6.04 Å². The SMILES string of the molecule is CCC(CC1CC1)NS(=O)(=O)c1cc(F)ccc1CO. The maximum Gasteiger partial charge on any atom is 0.241 e. The van der Waals surface area contributed by atoms with Crippen LogP contribution in [0.25, 0.3) is 0 Å². The summed E-state index contributed by atoms with van der Waals surface area (Å²) in [7, 11) is -3.80. The van der Waals surface area contributed by atoms with Crippen molar-refractivity contribution in [2.24, 2.45) is 5.92 Å². The topological polar surface area (TPSA) is 66.4 Å². The Morgan fingerprint density at radius 2 is 2.15 bits per heavy atom. The summed E-state index contributed by atoms with van der Waals surface area (Å²) in [5.41, 5.74) is 0.208. The smallest absolute Gasteiger partial charge is 0.241 e. The molecule has 1 fully saturated rings. The van der Waals surface area contributed by atoms with Gasteiger partial charge in [-0.15, -0.1) is 0 Å². The lowest BCUT2D eigenvalue weighted by molar-refractivity contribution is 0.278. The van der Waals surface area contributed by atoms with Crippen LogP contribution in [0.2, 0.25) is 0 Å². The van der Waals surface area contributed by atoms with E-state index in [9.17, 15) is 17.9 Å². The fourth-order valence-electron chi connectivity index (χ4n) is 2.25. The molecule has 0 spiro atoms. The lowest BCUT2D eigenvalue weighted by atomic mass is 10.1. The van der Waals surface area contributed by atoms with Gasteiger partial charge in [-0.1, -0.05) is 25.8 Å². The Morgan fingerprint density at radius 3 is 2.70 bits per heavy atom. The third-order valence-corrected chi connectivity index (χ3v) is 5.22. The summed E-state index contributed by atoms with van der Waals surface area (Å²) in [4.78, 5) is -0.172. The standard InChI is InChI=1S/C14H20FNO3S/c1-2-13(7-10-3-4-10)16-20(18,19)14-8-12(15)6-5-11(14)9-17/h5-6,8,10,13,16-17H,2-4,7,9H2,1H3. The molecule has 0 saturated heterocycles. The van der Waals surface area contributed by atoms with Gasteiger partial charge in [-0.3, -0.25) is 0 Å². The number of hydrogen-bond acceptors (Lipinski definition) is 3. The molecule has 0 bridgehead atoms. The highest BCUT2D eigenvalue weighted by molar-refractivity contribution is 7.89. The van der Waals surface area contributed by atoms with Gasteiger partial charge in [-0.2, -0.15) is 0 Å². The van der Waals surface area contributed by atoms with Crippen molar-refractivity contribution in [2.75, 3.05) is 0 Å². The van der Waals surface area contributed by atoms with Crippen LogP contribution in [0.1, 0.15) is 38.2 Å². The van der Waals surface area contributed by atoms with Crippen molar-refractivity contribution in [1.82, 2.24) is 4.72 Å². The van der Waals surface area contributed by atoms with Crippen molar-refractivity contribution in [2.45, 2.75) is 50.2 Å². The fraction of sp³-hybridized carbons (Fsp3) is 0.571. The number of sulfonamides is 1. The van der Waals surface area contributed by atoms with E-state index >= 15 is 0 Å². The molecule has 2 N–H and O–H groups in total. The number of aliphatic hydroxyl groups is 1. The van der Waals surface area contributed by atoms with Crippen molar-refractivity contribution >= 4 is 10.0 Å². The van der Waals surface area contributed by atoms with E-state index in [1.165, 1.54) is 6.07 Å². The second-order valence-electron chi connectivity index (χ2n) is 5.32. The maximum atomic E-state index is 13.3. The third-order valence-electron chi connectivity index (χ3n) is 3.62. The molecule has 6 heteroatoms.